The largest absolute Gasteiger partial charge is 0.462 e. The molecule has 0 aliphatic heterocycles. The number of ether oxygens (including phenoxy) is 2. The average molecular weight is 691 g/mol. The van der Waals surface area contributed by atoms with Crippen molar-refractivity contribution in [2.75, 3.05) is 6.61 Å². The lowest BCUT2D eigenvalue weighted by molar-refractivity contribution is -0.145. The molecular formula is C45H86O4. The summed E-state index contributed by atoms with van der Waals surface area (Å²) in [4.78, 5) is 23.1. The lowest BCUT2D eigenvalue weighted by Crippen LogP contribution is -2.18. The molecule has 4 heteroatoms. The van der Waals surface area contributed by atoms with Crippen molar-refractivity contribution in [2.24, 2.45) is 5.92 Å². The van der Waals surface area contributed by atoms with Crippen LogP contribution in [0.25, 0.3) is 0 Å². The third kappa shape index (κ3) is 40.7. The first-order valence-corrected chi connectivity index (χ1v) is 21.3. The molecule has 0 aliphatic rings. The second-order valence-electron chi connectivity index (χ2n) is 15.3. The third-order valence-electron chi connectivity index (χ3n) is 9.39. The molecule has 0 saturated carbocycles. The molecule has 49 heavy (non-hydrogen) atoms. The highest BCUT2D eigenvalue weighted by Crippen LogP contribution is 2.19. The Bertz CT molecular complexity index is 755. The topological polar surface area (TPSA) is 52.6 Å². The SMILES string of the molecule is C=C(C)C(=O)OC(CCCCCCCCCCCC)CCCCCCCCCCCCCC.C=C(C)C(=O)OCCCCCCCC(C)C. The van der Waals surface area contributed by atoms with Crippen molar-refractivity contribution in [3.8, 4) is 0 Å². The van der Waals surface area contributed by atoms with Crippen molar-refractivity contribution in [1.82, 2.24) is 0 Å². The molecule has 290 valence electrons. The van der Waals surface area contributed by atoms with Crippen LogP contribution in [0.4, 0.5) is 0 Å². The highest BCUT2D eigenvalue weighted by Gasteiger charge is 2.14. The number of hydrogen-bond acceptors (Lipinski definition) is 4. The molecule has 0 aromatic heterocycles. The molecule has 1 unspecified atom stereocenters. The van der Waals surface area contributed by atoms with Gasteiger partial charge in [-0.1, -0.05) is 201 Å². The second kappa shape index (κ2) is 39.2. The van der Waals surface area contributed by atoms with Crippen molar-refractivity contribution < 1.29 is 19.1 Å². The highest BCUT2D eigenvalue weighted by molar-refractivity contribution is 5.87. The summed E-state index contributed by atoms with van der Waals surface area (Å²) < 4.78 is 10.8. The van der Waals surface area contributed by atoms with Gasteiger partial charge in [-0.15, -0.1) is 0 Å². The Morgan fingerprint density at radius 3 is 1.08 bits per heavy atom. The fourth-order valence-electron chi connectivity index (χ4n) is 6.06. The average Bonchev–Trinajstić information content (AvgIpc) is 3.06. The van der Waals surface area contributed by atoms with Gasteiger partial charge in [0.25, 0.3) is 0 Å². The number of unbranched alkanes of at least 4 members (excludes halogenated alkanes) is 24. The smallest absolute Gasteiger partial charge is 0.333 e. The van der Waals surface area contributed by atoms with Crippen molar-refractivity contribution in [1.29, 1.82) is 0 Å². The van der Waals surface area contributed by atoms with E-state index < -0.39 is 0 Å². The summed E-state index contributed by atoms with van der Waals surface area (Å²) in [5.41, 5.74) is 1.01. The Morgan fingerprint density at radius 2 is 0.755 bits per heavy atom. The van der Waals surface area contributed by atoms with E-state index >= 15 is 0 Å². The minimum Gasteiger partial charge on any atom is -0.462 e. The molecule has 0 saturated heterocycles. The summed E-state index contributed by atoms with van der Waals surface area (Å²) >= 11 is 0. The lowest BCUT2D eigenvalue weighted by atomic mass is 10.0. The number of rotatable bonds is 35. The van der Waals surface area contributed by atoms with Crippen molar-refractivity contribution >= 4 is 11.9 Å². The molecule has 0 bridgehead atoms. The Morgan fingerprint density at radius 1 is 0.449 bits per heavy atom. The molecule has 0 aromatic rings. The Balaban J connectivity index is 0. The van der Waals surface area contributed by atoms with E-state index in [2.05, 4.69) is 40.9 Å². The first-order chi connectivity index (χ1) is 23.6. The maximum Gasteiger partial charge on any atom is 0.333 e. The Hall–Kier alpha value is -1.58. The van der Waals surface area contributed by atoms with E-state index in [0.29, 0.717) is 17.8 Å². The predicted octanol–water partition coefficient (Wildman–Crippen LogP) is 15.0. The molecule has 4 nitrogen and oxygen atoms in total. The van der Waals surface area contributed by atoms with Gasteiger partial charge in [-0.3, -0.25) is 0 Å². The Kier molecular flexibility index (Phi) is 39.6. The zero-order valence-corrected chi connectivity index (χ0v) is 34.1. The number of carbonyl (C=O) groups excluding carboxylic acids is 2. The second-order valence-corrected chi connectivity index (χ2v) is 15.3. The van der Waals surface area contributed by atoms with Gasteiger partial charge in [-0.25, -0.2) is 9.59 Å². The Labute approximate surface area is 307 Å². The molecular weight excluding hydrogens is 604 g/mol. The van der Waals surface area contributed by atoms with Crippen molar-refractivity contribution in [2.45, 2.75) is 240 Å². The van der Waals surface area contributed by atoms with E-state index in [9.17, 15) is 9.59 Å². The monoisotopic (exact) mass is 691 g/mol. The molecule has 1 atom stereocenters. The number of hydrogen-bond donors (Lipinski definition) is 0. The molecule has 0 spiro atoms. The minimum atomic E-state index is -0.264. The predicted molar refractivity (Wildman–Crippen MR) is 215 cm³/mol. The maximum absolute atomic E-state index is 12.0. The lowest BCUT2D eigenvalue weighted by Gasteiger charge is -2.18. The van der Waals surface area contributed by atoms with E-state index in [1.54, 1.807) is 13.8 Å². The van der Waals surface area contributed by atoms with E-state index in [1.807, 2.05) is 0 Å². The van der Waals surface area contributed by atoms with Gasteiger partial charge in [0.05, 0.1) is 6.61 Å². The van der Waals surface area contributed by atoms with Crippen LogP contribution >= 0.6 is 0 Å². The van der Waals surface area contributed by atoms with Gasteiger partial charge >= 0.3 is 11.9 Å². The van der Waals surface area contributed by atoms with Crippen molar-refractivity contribution in [3.63, 3.8) is 0 Å². The van der Waals surface area contributed by atoms with Crippen LogP contribution in [0, 0.1) is 5.92 Å². The van der Waals surface area contributed by atoms with Crippen molar-refractivity contribution in [3.05, 3.63) is 24.3 Å². The van der Waals surface area contributed by atoms with Crippen LogP contribution in [0.1, 0.15) is 234 Å². The first-order valence-electron chi connectivity index (χ1n) is 21.3. The van der Waals surface area contributed by atoms with E-state index in [0.717, 1.165) is 31.6 Å². The fraction of sp³-hybridized carbons (Fsp3) is 0.867. The zero-order valence-electron chi connectivity index (χ0n) is 34.1. The molecule has 0 aliphatic carbocycles. The minimum absolute atomic E-state index is 0.0892. The molecule has 0 aromatic carbocycles. The van der Waals surface area contributed by atoms with E-state index in [-0.39, 0.29) is 18.0 Å². The zero-order chi connectivity index (χ0) is 36.8. The summed E-state index contributed by atoms with van der Waals surface area (Å²) in [6, 6.07) is 0. The van der Waals surface area contributed by atoms with Crippen LogP contribution in [-0.4, -0.2) is 24.6 Å². The van der Waals surface area contributed by atoms with Gasteiger partial charge in [0.15, 0.2) is 0 Å². The summed E-state index contributed by atoms with van der Waals surface area (Å²) in [5.74, 6) is 0.349. The third-order valence-corrected chi connectivity index (χ3v) is 9.39. The summed E-state index contributed by atoms with van der Waals surface area (Å²) in [5, 5.41) is 0. The van der Waals surface area contributed by atoms with Gasteiger partial charge in [0.1, 0.15) is 6.10 Å². The van der Waals surface area contributed by atoms with Crippen LogP contribution in [0.3, 0.4) is 0 Å². The first kappa shape index (κ1) is 49.5. The van der Waals surface area contributed by atoms with Gasteiger partial charge in [0.2, 0.25) is 0 Å². The van der Waals surface area contributed by atoms with Gasteiger partial charge < -0.3 is 9.47 Å². The van der Waals surface area contributed by atoms with Gasteiger partial charge in [-0.05, 0) is 51.9 Å². The molecule has 0 amide bonds. The summed E-state index contributed by atoms with van der Waals surface area (Å²) in [6.45, 7) is 20.3. The molecule has 0 fully saturated rings. The molecule has 0 heterocycles. The highest BCUT2D eigenvalue weighted by atomic mass is 16.5. The van der Waals surface area contributed by atoms with E-state index in [4.69, 9.17) is 9.47 Å². The molecule has 0 radical (unpaired) electrons. The fourth-order valence-corrected chi connectivity index (χ4v) is 6.06. The van der Waals surface area contributed by atoms with Crippen LogP contribution in [0.15, 0.2) is 24.3 Å². The van der Waals surface area contributed by atoms with Crippen LogP contribution < -0.4 is 0 Å². The summed E-state index contributed by atoms with van der Waals surface area (Å²) in [6.07, 6.45) is 39.3. The quantitative estimate of drug-likeness (QED) is 0.0377. The van der Waals surface area contributed by atoms with Gasteiger partial charge in [-0.2, -0.15) is 0 Å². The molecule has 0 N–H and O–H groups in total. The van der Waals surface area contributed by atoms with Gasteiger partial charge in [0, 0.05) is 11.1 Å². The van der Waals surface area contributed by atoms with Crippen LogP contribution in [0.2, 0.25) is 0 Å². The number of esters is 2. The molecule has 0 rings (SSSR count). The maximum atomic E-state index is 12.0. The van der Waals surface area contributed by atoms with Crippen LogP contribution in [-0.2, 0) is 19.1 Å². The van der Waals surface area contributed by atoms with Crippen LogP contribution in [0.5, 0.6) is 0 Å². The number of carbonyl (C=O) groups is 2. The summed E-state index contributed by atoms with van der Waals surface area (Å²) in [7, 11) is 0. The normalized spacial score (nSPS) is 11.6. The van der Waals surface area contributed by atoms with E-state index in [1.165, 1.54) is 167 Å². The standard InChI is InChI=1S/C31H60O2.C14H26O2/c1-5-7-9-11-13-15-17-18-20-22-24-26-28-30(33-31(32)29(3)4)27-25-23-21-19-16-14-12-10-8-6-2;1-12(2)10-8-6-5-7-9-11-16-14(15)13(3)4/h30H,3,5-28H2,1-2,4H3;12H,3,5-11H2,1-2,4H3.